The van der Waals surface area contributed by atoms with Crippen molar-refractivity contribution in [1.29, 1.82) is 0 Å². The second-order valence-electron chi connectivity index (χ2n) is 4.33. The van der Waals surface area contributed by atoms with E-state index in [1.165, 1.54) is 9.13 Å². The monoisotopic (exact) mass is 323 g/mol. The van der Waals surface area contributed by atoms with Crippen molar-refractivity contribution in [3.63, 3.8) is 0 Å². The zero-order chi connectivity index (χ0) is 14.2. The topological polar surface area (TPSA) is 56.9 Å². The van der Waals surface area contributed by atoms with Gasteiger partial charge in [-0.15, -0.1) is 0 Å². The Bertz CT molecular complexity index is 727. The maximum Gasteiger partial charge on any atom is 0.341 e. The number of carbonyl (C=O) groups is 1. The summed E-state index contributed by atoms with van der Waals surface area (Å²) in [5.41, 5.74) is 1.07. The summed E-state index contributed by atoms with van der Waals surface area (Å²) >= 11 is 3.30. The zero-order valence-corrected chi connectivity index (χ0v) is 12.4. The first-order chi connectivity index (χ1) is 8.97. The Hall–Kier alpha value is -1.69. The highest BCUT2D eigenvalue weighted by molar-refractivity contribution is 9.10. The van der Waals surface area contributed by atoms with E-state index >= 15 is 0 Å². The predicted octanol–water partition coefficient (Wildman–Crippen LogP) is 2.89. The van der Waals surface area contributed by atoms with Gasteiger partial charge in [-0.3, -0.25) is 4.79 Å². The van der Waals surface area contributed by atoms with E-state index < -0.39 is 5.69 Å². The van der Waals surface area contributed by atoms with Crippen molar-refractivity contribution in [2.75, 3.05) is 0 Å². The van der Waals surface area contributed by atoms with Crippen LogP contribution in [0.4, 0.5) is 0 Å². The third-order valence-electron chi connectivity index (χ3n) is 2.74. The number of rotatable bonds is 3. The van der Waals surface area contributed by atoms with Crippen LogP contribution in [-0.4, -0.2) is 20.0 Å². The highest BCUT2D eigenvalue weighted by atomic mass is 79.9. The molecule has 2 aromatic heterocycles. The second-order valence-corrected chi connectivity index (χ2v) is 5.24. The summed E-state index contributed by atoms with van der Waals surface area (Å²) in [5, 5.41) is 0. The van der Waals surface area contributed by atoms with Gasteiger partial charge in [0.1, 0.15) is 0 Å². The van der Waals surface area contributed by atoms with E-state index in [-0.39, 0.29) is 5.91 Å². The SMILES string of the molecule is C=C(C)n1c(=O)n(C(=O)CCC)c2cc(Br)cnc21. The number of hydrogen-bond acceptors (Lipinski definition) is 3. The molecule has 100 valence electrons. The number of halogens is 1. The van der Waals surface area contributed by atoms with Gasteiger partial charge in [-0.25, -0.2) is 18.9 Å². The van der Waals surface area contributed by atoms with E-state index in [1.807, 2.05) is 6.92 Å². The second kappa shape index (κ2) is 5.13. The predicted molar refractivity (Wildman–Crippen MR) is 78.2 cm³/mol. The molecule has 0 bridgehead atoms. The molecule has 0 aromatic carbocycles. The first-order valence-corrected chi connectivity index (χ1v) is 6.74. The number of fused-ring (bicyclic) bond motifs is 1. The first-order valence-electron chi connectivity index (χ1n) is 5.95. The van der Waals surface area contributed by atoms with Crippen molar-refractivity contribution in [2.24, 2.45) is 0 Å². The Balaban J connectivity index is 2.86. The van der Waals surface area contributed by atoms with Crippen molar-refractivity contribution in [2.45, 2.75) is 26.7 Å². The molecule has 5 nitrogen and oxygen atoms in total. The number of imidazole rings is 1. The van der Waals surface area contributed by atoms with Gasteiger partial charge in [0.05, 0.1) is 5.52 Å². The van der Waals surface area contributed by atoms with Crippen LogP contribution in [0.2, 0.25) is 0 Å². The molecule has 0 unspecified atom stereocenters. The third-order valence-corrected chi connectivity index (χ3v) is 3.18. The molecule has 19 heavy (non-hydrogen) atoms. The maximum absolute atomic E-state index is 12.3. The van der Waals surface area contributed by atoms with Crippen molar-refractivity contribution >= 4 is 38.7 Å². The number of nitrogens with zero attached hydrogens (tertiary/aromatic N) is 3. The molecule has 0 N–H and O–H groups in total. The smallest absolute Gasteiger partial charge is 0.274 e. The highest BCUT2D eigenvalue weighted by Crippen LogP contribution is 2.18. The van der Waals surface area contributed by atoms with Crippen molar-refractivity contribution in [3.05, 3.63) is 33.8 Å². The zero-order valence-electron chi connectivity index (χ0n) is 10.8. The summed E-state index contributed by atoms with van der Waals surface area (Å²) in [5.74, 6) is -0.225. The summed E-state index contributed by atoms with van der Waals surface area (Å²) in [6.45, 7) is 7.37. The summed E-state index contributed by atoms with van der Waals surface area (Å²) < 4.78 is 3.25. The molecule has 0 aliphatic heterocycles. The lowest BCUT2D eigenvalue weighted by Crippen LogP contribution is -2.28. The van der Waals surface area contributed by atoms with Gasteiger partial charge in [0.25, 0.3) is 0 Å². The fraction of sp³-hybridized carbons (Fsp3) is 0.308. The van der Waals surface area contributed by atoms with Crippen molar-refractivity contribution in [3.8, 4) is 0 Å². The average molecular weight is 324 g/mol. The van der Waals surface area contributed by atoms with Crippen LogP contribution in [0.5, 0.6) is 0 Å². The molecule has 0 amide bonds. The number of hydrogen-bond donors (Lipinski definition) is 0. The standard InChI is InChI=1S/C13H14BrN3O2/c1-4-5-11(18)17-10-6-9(14)7-15-12(10)16(8(2)3)13(17)19/h6-7H,2,4-5H2,1,3H3. The van der Waals surface area contributed by atoms with Crippen molar-refractivity contribution in [1.82, 2.24) is 14.1 Å². The van der Waals surface area contributed by atoms with Crippen LogP contribution in [-0.2, 0) is 0 Å². The van der Waals surface area contributed by atoms with Crippen LogP contribution in [0.25, 0.3) is 16.9 Å². The molecular formula is C13H14BrN3O2. The summed E-state index contributed by atoms with van der Waals surface area (Å²) in [7, 11) is 0. The molecule has 0 atom stereocenters. The molecule has 0 saturated heterocycles. The molecule has 0 aliphatic carbocycles. The number of allylic oxidation sites excluding steroid dienone is 1. The van der Waals surface area contributed by atoms with Crippen LogP contribution in [0.3, 0.4) is 0 Å². The quantitative estimate of drug-likeness (QED) is 0.872. The van der Waals surface area contributed by atoms with E-state index in [0.29, 0.717) is 29.7 Å². The largest absolute Gasteiger partial charge is 0.341 e. The fourth-order valence-corrected chi connectivity index (χ4v) is 2.28. The third kappa shape index (κ3) is 2.28. The molecule has 2 aromatic rings. The fourth-order valence-electron chi connectivity index (χ4n) is 1.96. The summed E-state index contributed by atoms with van der Waals surface area (Å²) in [4.78, 5) is 28.7. The molecule has 6 heteroatoms. The summed E-state index contributed by atoms with van der Waals surface area (Å²) in [6.07, 6.45) is 2.60. The van der Waals surface area contributed by atoms with Gasteiger partial charge in [-0.1, -0.05) is 13.5 Å². The van der Waals surface area contributed by atoms with Gasteiger partial charge in [0, 0.05) is 22.8 Å². The lowest BCUT2D eigenvalue weighted by Gasteiger charge is -1.99. The van der Waals surface area contributed by atoms with Gasteiger partial charge >= 0.3 is 5.69 Å². The highest BCUT2D eigenvalue weighted by Gasteiger charge is 2.19. The van der Waals surface area contributed by atoms with Crippen LogP contribution >= 0.6 is 15.9 Å². The minimum absolute atomic E-state index is 0.225. The van der Waals surface area contributed by atoms with Crippen LogP contribution < -0.4 is 5.69 Å². The number of aromatic nitrogens is 3. The normalized spacial score (nSPS) is 10.9. The summed E-state index contributed by atoms with van der Waals surface area (Å²) in [6, 6.07) is 1.72. The molecule has 2 heterocycles. The molecule has 0 saturated carbocycles. The lowest BCUT2D eigenvalue weighted by atomic mass is 10.3. The van der Waals surface area contributed by atoms with Gasteiger partial charge in [0.2, 0.25) is 5.91 Å². The maximum atomic E-state index is 12.3. The number of pyridine rings is 1. The Labute approximate surface area is 118 Å². The van der Waals surface area contributed by atoms with E-state index in [2.05, 4.69) is 27.5 Å². The average Bonchev–Trinajstić information content (AvgIpc) is 2.60. The van der Waals surface area contributed by atoms with Gasteiger partial charge in [0.15, 0.2) is 5.65 Å². The molecular weight excluding hydrogens is 310 g/mol. The molecule has 0 spiro atoms. The van der Waals surface area contributed by atoms with E-state index in [1.54, 1.807) is 19.2 Å². The van der Waals surface area contributed by atoms with Crippen LogP contribution in [0, 0.1) is 0 Å². The van der Waals surface area contributed by atoms with Crippen molar-refractivity contribution < 1.29 is 4.79 Å². The van der Waals surface area contributed by atoms with Crippen LogP contribution in [0.15, 0.2) is 28.1 Å². The van der Waals surface area contributed by atoms with Gasteiger partial charge in [-0.05, 0) is 35.3 Å². The Kier molecular flexibility index (Phi) is 3.71. The number of carbonyl (C=O) groups excluding carboxylic acids is 1. The minimum Gasteiger partial charge on any atom is -0.274 e. The Morgan fingerprint density at radius 1 is 1.47 bits per heavy atom. The first kappa shape index (κ1) is 13.7. The molecule has 0 aliphatic rings. The lowest BCUT2D eigenvalue weighted by molar-refractivity contribution is 0.0902. The van der Waals surface area contributed by atoms with E-state index in [4.69, 9.17) is 0 Å². The van der Waals surface area contributed by atoms with E-state index in [0.717, 1.165) is 4.47 Å². The Morgan fingerprint density at radius 3 is 2.74 bits per heavy atom. The van der Waals surface area contributed by atoms with Gasteiger partial charge < -0.3 is 0 Å². The molecule has 0 radical (unpaired) electrons. The molecule has 0 fully saturated rings. The van der Waals surface area contributed by atoms with Gasteiger partial charge in [-0.2, -0.15) is 0 Å². The van der Waals surface area contributed by atoms with Crippen LogP contribution in [0.1, 0.15) is 31.5 Å². The molecule has 2 rings (SSSR count). The Morgan fingerprint density at radius 2 is 2.16 bits per heavy atom. The minimum atomic E-state index is -0.411. The van der Waals surface area contributed by atoms with E-state index in [9.17, 15) is 9.59 Å².